The number of ether oxygens (including phenoxy) is 2. The number of halogens is 2. The second kappa shape index (κ2) is 6.23. The second-order valence-electron chi connectivity index (χ2n) is 4.17. The fraction of sp³-hybridized carbons (Fsp3) is 0.200. The van der Waals surface area contributed by atoms with Crippen molar-refractivity contribution in [3.63, 3.8) is 0 Å². The molecule has 0 radical (unpaired) electrons. The van der Waals surface area contributed by atoms with Gasteiger partial charge in [-0.1, -0.05) is 6.07 Å². The van der Waals surface area contributed by atoms with Gasteiger partial charge in [0.2, 0.25) is 0 Å². The summed E-state index contributed by atoms with van der Waals surface area (Å²) < 4.78 is 36.2. The first-order valence-electron chi connectivity index (χ1n) is 6.04. The molecule has 2 aromatic carbocycles. The smallest absolute Gasteiger partial charge is 0.162 e. The van der Waals surface area contributed by atoms with Crippen LogP contribution < -0.4 is 14.8 Å². The van der Waals surface area contributed by atoms with E-state index in [4.69, 9.17) is 9.47 Å². The van der Waals surface area contributed by atoms with Gasteiger partial charge in [-0.3, -0.25) is 0 Å². The van der Waals surface area contributed by atoms with Gasteiger partial charge < -0.3 is 14.8 Å². The lowest BCUT2D eigenvalue weighted by molar-refractivity contribution is 0.355. The highest BCUT2D eigenvalue weighted by atomic mass is 19.2. The number of rotatable bonds is 5. The van der Waals surface area contributed by atoms with Crippen LogP contribution in [0, 0.1) is 11.6 Å². The summed E-state index contributed by atoms with van der Waals surface area (Å²) in [5, 5.41) is 3.11. The van der Waals surface area contributed by atoms with Crippen molar-refractivity contribution in [1.82, 2.24) is 0 Å². The average Bonchev–Trinajstić information content (AvgIpc) is 2.48. The number of anilines is 1. The molecule has 0 aliphatic heterocycles. The summed E-state index contributed by atoms with van der Waals surface area (Å²) in [5.41, 5.74) is 1.45. The second-order valence-corrected chi connectivity index (χ2v) is 4.17. The van der Waals surface area contributed by atoms with Gasteiger partial charge in [-0.2, -0.15) is 0 Å². The number of hydrogen-bond acceptors (Lipinski definition) is 3. The third kappa shape index (κ3) is 3.17. The van der Waals surface area contributed by atoms with E-state index in [2.05, 4.69) is 5.32 Å². The molecule has 20 heavy (non-hydrogen) atoms. The van der Waals surface area contributed by atoms with Crippen LogP contribution in [0.1, 0.15) is 5.56 Å². The Kier molecular flexibility index (Phi) is 4.40. The Morgan fingerprint density at radius 1 is 0.900 bits per heavy atom. The van der Waals surface area contributed by atoms with E-state index in [9.17, 15) is 8.78 Å². The number of benzene rings is 2. The first-order chi connectivity index (χ1) is 9.63. The zero-order valence-corrected chi connectivity index (χ0v) is 11.2. The first-order valence-corrected chi connectivity index (χ1v) is 6.04. The third-order valence-corrected chi connectivity index (χ3v) is 2.86. The Bertz CT molecular complexity index is 602. The van der Waals surface area contributed by atoms with E-state index < -0.39 is 11.6 Å². The molecule has 0 saturated heterocycles. The van der Waals surface area contributed by atoms with Crippen molar-refractivity contribution in [3.8, 4) is 11.5 Å². The Morgan fingerprint density at radius 2 is 1.65 bits per heavy atom. The molecule has 0 aliphatic rings. The molecule has 0 amide bonds. The molecule has 0 bridgehead atoms. The van der Waals surface area contributed by atoms with E-state index in [1.54, 1.807) is 26.4 Å². The topological polar surface area (TPSA) is 30.5 Å². The van der Waals surface area contributed by atoms with Crippen molar-refractivity contribution in [2.24, 2.45) is 0 Å². The molecule has 106 valence electrons. The molecule has 2 aromatic rings. The van der Waals surface area contributed by atoms with Crippen LogP contribution in [0.5, 0.6) is 11.5 Å². The summed E-state index contributed by atoms with van der Waals surface area (Å²) in [6.45, 7) is 0.382. The van der Waals surface area contributed by atoms with Crippen LogP contribution in [0.4, 0.5) is 14.5 Å². The van der Waals surface area contributed by atoms with Gasteiger partial charge in [0.05, 0.1) is 14.2 Å². The molecular formula is C15H15F2NO2. The van der Waals surface area contributed by atoms with Gasteiger partial charge in [0.15, 0.2) is 23.1 Å². The van der Waals surface area contributed by atoms with Crippen LogP contribution in [-0.4, -0.2) is 14.2 Å². The molecule has 0 saturated carbocycles. The maximum Gasteiger partial charge on any atom is 0.162 e. The lowest BCUT2D eigenvalue weighted by Crippen LogP contribution is -2.01. The van der Waals surface area contributed by atoms with Crippen molar-refractivity contribution >= 4 is 5.69 Å². The molecule has 1 N–H and O–H groups in total. The summed E-state index contributed by atoms with van der Waals surface area (Å²) in [7, 11) is 3.11. The quantitative estimate of drug-likeness (QED) is 0.907. The Morgan fingerprint density at radius 3 is 2.30 bits per heavy atom. The maximum atomic E-state index is 13.1. The predicted octanol–water partition coefficient (Wildman–Crippen LogP) is 3.59. The lowest BCUT2D eigenvalue weighted by Gasteiger charge is -2.11. The van der Waals surface area contributed by atoms with E-state index in [1.165, 1.54) is 12.1 Å². The normalized spacial score (nSPS) is 10.2. The number of methoxy groups -OCH3 is 2. The minimum absolute atomic E-state index is 0.382. The van der Waals surface area contributed by atoms with Crippen molar-refractivity contribution < 1.29 is 18.3 Å². The van der Waals surface area contributed by atoms with Crippen molar-refractivity contribution in [2.45, 2.75) is 6.54 Å². The van der Waals surface area contributed by atoms with Gasteiger partial charge >= 0.3 is 0 Å². The zero-order chi connectivity index (χ0) is 14.5. The monoisotopic (exact) mass is 279 g/mol. The minimum Gasteiger partial charge on any atom is -0.493 e. The summed E-state index contributed by atoms with van der Waals surface area (Å²) in [6, 6.07) is 9.18. The number of hydrogen-bond donors (Lipinski definition) is 1. The summed E-state index contributed by atoms with van der Waals surface area (Å²) >= 11 is 0. The standard InChI is InChI=1S/C15H15F2NO2/c1-19-14-6-4-11(8-15(14)20-2)18-9-10-3-5-12(16)13(17)7-10/h3-8,18H,9H2,1-2H3. The highest BCUT2D eigenvalue weighted by Crippen LogP contribution is 2.29. The van der Waals surface area contributed by atoms with E-state index in [1.807, 2.05) is 6.07 Å². The molecular weight excluding hydrogens is 264 g/mol. The largest absolute Gasteiger partial charge is 0.493 e. The van der Waals surface area contributed by atoms with E-state index >= 15 is 0 Å². The lowest BCUT2D eigenvalue weighted by atomic mass is 10.2. The molecule has 2 rings (SSSR count). The third-order valence-electron chi connectivity index (χ3n) is 2.86. The van der Waals surface area contributed by atoms with Gasteiger partial charge in [-0.15, -0.1) is 0 Å². The van der Waals surface area contributed by atoms with Crippen LogP contribution in [0.2, 0.25) is 0 Å². The first kappa shape index (κ1) is 14.1. The van der Waals surface area contributed by atoms with Crippen molar-refractivity contribution in [3.05, 3.63) is 53.6 Å². The van der Waals surface area contributed by atoms with Crippen LogP contribution in [0.3, 0.4) is 0 Å². The van der Waals surface area contributed by atoms with E-state index in [0.717, 1.165) is 11.8 Å². The van der Waals surface area contributed by atoms with Crippen LogP contribution in [0.15, 0.2) is 36.4 Å². The molecule has 3 nitrogen and oxygen atoms in total. The Labute approximate surface area is 116 Å². The van der Waals surface area contributed by atoms with Gasteiger partial charge in [0.25, 0.3) is 0 Å². The summed E-state index contributed by atoms with van der Waals surface area (Å²) in [4.78, 5) is 0. The molecule has 0 aliphatic carbocycles. The zero-order valence-electron chi connectivity index (χ0n) is 11.2. The minimum atomic E-state index is -0.850. The van der Waals surface area contributed by atoms with Crippen molar-refractivity contribution in [1.29, 1.82) is 0 Å². The van der Waals surface area contributed by atoms with E-state index in [-0.39, 0.29) is 0 Å². The molecule has 5 heteroatoms. The summed E-state index contributed by atoms with van der Waals surface area (Å²) in [6.07, 6.45) is 0. The fourth-order valence-electron chi connectivity index (χ4n) is 1.80. The maximum absolute atomic E-state index is 13.1. The molecule has 0 heterocycles. The van der Waals surface area contributed by atoms with Crippen LogP contribution >= 0.6 is 0 Å². The highest BCUT2D eigenvalue weighted by Gasteiger charge is 2.05. The van der Waals surface area contributed by atoms with Gasteiger partial charge in [0.1, 0.15) is 0 Å². The predicted molar refractivity (Wildman–Crippen MR) is 73.2 cm³/mol. The SMILES string of the molecule is COc1ccc(NCc2ccc(F)c(F)c2)cc1OC. The molecule has 0 spiro atoms. The van der Waals surface area contributed by atoms with Crippen molar-refractivity contribution in [2.75, 3.05) is 19.5 Å². The molecule has 0 atom stereocenters. The van der Waals surface area contributed by atoms with Gasteiger partial charge in [-0.05, 0) is 29.8 Å². The highest BCUT2D eigenvalue weighted by molar-refractivity contribution is 5.54. The summed E-state index contributed by atoms with van der Waals surface area (Å²) in [5.74, 6) is -0.467. The van der Waals surface area contributed by atoms with Crippen LogP contribution in [-0.2, 0) is 6.54 Å². The van der Waals surface area contributed by atoms with Gasteiger partial charge in [-0.25, -0.2) is 8.78 Å². The van der Waals surface area contributed by atoms with E-state index in [0.29, 0.717) is 23.6 Å². The molecule has 0 fully saturated rings. The van der Waals surface area contributed by atoms with Crippen LogP contribution in [0.25, 0.3) is 0 Å². The Hall–Kier alpha value is -2.30. The fourth-order valence-corrected chi connectivity index (χ4v) is 1.80. The molecule has 0 unspecified atom stereocenters. The Balaban J connectivity index is 2.08. The number of nitrogens with one attached hydrogen (secondary N) is 1. The average molecular weight is 279 g/mol. The van der Waals surface area contributed by atoms with Gasteiger partial charge in [0, 0.05) is 18.3 Å². The molecule has 0 aromatic heterocycles.